The first-order valence-electron chi connectivity index (χ1n) is 3.95. The molecule has 0 atom stereocenters. The molecule has 0 aromatic carbocycles. The fourth-order valence-corrected chi connectivity index (χ4v) is 0.947. The van der Waals surface area contributed by atoms with Crippen LogP contribution in [0.25, 0.3) is 0 Å². The lowest BCUT2D eigenvalue weighted by molar-refractivity contribution is -0.303. The van der Waals surface area contributed by atoms with Gasteiger partial charge in [-0.3, -0.25) is 0 Å². The summed E-state index contributed by atoms with van der Waals surface area (Å²) in [4.78, 5) is 3.17. The first kappa shape index (κ1) is 13.9. The van der Waals surface area contributed by atoms with Gasteiger partial charge in [0.15, 0.2) is 0 Å². The van der Waals surface area contributed by atoms with Crippen LogP contribution in [0.2, 0.25) is 0 Å². The molecule has 0 aliphatic rings. The van der Waals surface area contributed by atoms with Crippen LogP contribution in [-0.4, -0.2) is 23.4 Å². The minimum Gasteiger partial charge on any atom is -0.427 e. The molecule has 0 aliphatic carbocycles. The maximum absolute atomic E-state index is 12.0. The Kier molecular flexibility index (Phi) is 3.80. The van der Waals surface area contributed by atoms with E-state index < -0.39 is 24.5 Å². The normalized spacial score (nSPS) is 13.2. The molecule has 98 valence electrons. The molecule has 0 aliphatic heterocycles. The summed E-state index contributed by atoms with van der Waals surface area (Å²) in [7, 11) is 0. The van der Waals surface area contributed by atoms with E-state index in [-0.39, 0.29) is 11.6 Å². The van der Waals surface area contributed by atoms with Gasteiger partial charge in [0.1, 0.15) is 6.26 Å². The lowest BCUT2D eigenvalue weighted by Gasteiger charge is -2.21. The molecule has 1 aromatic heterocycles. The van der Waals surface area contributed by atoms with E-state index in [0.29, 0.717) is 0 Å². The molecular formula is C7H4ClF6NO2. The minimum absolute atomic E-state index is 0.0373. The van der Waals surface area contributed by atoms with Gasteiger partial charge in [0.25, 0.3) is 6.10 Å². The van der Waals surface area contributed by atoms with Gasteiger partial charge in [-0.15, -0.1) is 11.6 Å². The number of rotatable bonds is 3. The van der Waals surface area contributed by atoms with Gasteiger partial charge >= 0.3 is 18.4 Å². The third-order valence-electron chi connectivity index (χ3n) is 1.48. The van der Waals surface area contributed by atoms with Crippen molar-refractivity contribution in [3.8, 4) is 6.08 Å². The molecule has 1 heterocycles. The highest BCUT2D eigenvalue weighted by molar-refractivity contribution is 6.16. The van der Waals surface area contributed by atoms with Crippen molar-refractivity contribution in [2.24, 2.45) is 0 Å². The van der Waals surface area contributed by atoms with Crippen molar-refractivity contribution in [1.82, 2.24) is 4.98 Å². The number of ether oxygens (including phenoxy) is 1. The van der Waals surface area contributed by atoms with Crippen molar-refractivity contribution in [1.29, 1.82) is 0 Å². The molecule has 0 bridgehead atoms. The van der Waals surface area contributed by atoms with Gasteiger partial charge in [-0.05, 0) is 0 Å². The second-order valence-electron chi connectivity index (χ2n) is 2.82. The van der Waals surface area contributed by atoms with Gasteiger partial charge in [-0.25, -0.2) is 0 Å². The number of hydrogen-bond donors (Lipinski definition) is 0. The second kappa shape index (κ2) is 4.63. The van der Waals surface area contributed by atoms with E-state index in [0.717, 1.165) is 6.26 Å². The lowest BCUT2D eigenvalue weighted by atomic mass is 10.3. The van der Waals surface area contributed by atoms with E-state index in [4.69, 9.17) is 11.6 Å². The van der Waals surface area contributed by atoms with Crippen LogP contribution in [-0.2, 0) is 5.88 Å². The van der Waals surface area contributed by atoms with Crippen LogP contribution in [0.3, 0.4) is 0 Å². The van der Waals surface area contributed by atoms with E-state index in [1.54, 1.807) is 0 Å². The Morgan fingerprint density at radius 3 is 2.12 bits per heavy atom. The Morgan fingerprint density at radius 1 is 1.24 bits per heavy atom. The monoisotopic (exact) mass is 283 g/mol. The number of nitrogens with zero attached hydrogens (tertiary/aromatic N) is 1. The third-order valence-corrected chi connectivity index (χ3v) is 1.75. The van der Waals surface area contributed by atoms with Crippen molar-refractivity contribution in [2.45, 2.75) is 24.3 Å². The maximum Gasteiger partial charge on any atom is 0.434 e. The lowest BCUT2D eigenvalue weighted by Crippen LogP contribution is -2.46. The molecule has 0 spiro atoms. The predicted octanol–water partition coefficient (Wildman–Crippen LogP) is 3.29. The zero-order valence-electron chi connectivity index (χ0n) is 7.77. The largest absolute Gasteiger partial charge is 0.434 e. The van der Waals surface area contributed by atoms with Gasteiger partial charge in [-0.1, -0.05) is 0 Å². The standard InChI is InChI=1S/C7H4ClF6NO2/c8-1-3-2-16-5(15-3)17-4(6(9,10)11)7(12,13)14/h2,4H,1H2. The average Bonchev–Trinajstić information content (AvgIpc) is 2.58. The molecule has 0 radical (unpaired) electrons. The molecule has 3 nitrogen and oxygen atoms in total. The fourth-order valence-electron chi connectivity index (χ4n) is 0.824. The smallest absolute Gasteiger partial charge is 0.427 e. The van der Waals surface area contributed by atoms with Crippen LogP contribution in [0, 0.1) is 0 Å². The van der Waals surface area contributed by atoms with Crippen molar-refractivity contribution in [2.75, 3.05) is 0 Å². The maximum atomic E-state index is 12.0. The third kappa shape index (κ3) is 3.69. The van der Waals surface area contributed by atoms with Crippen molar-refractivity contribution in [3.05, 3.63) is 12.0 Å². The number of halogens is 7. The molecular weight excluding hydrogens is 280 g/mol. The molecule has 0 saturated heterocycles. The van der Waals surface area contributed by atoms with E-state index in [1.807, 2.05) is 0 Å². The summed E-state index contributed by atoms with van der Waals surface area (Å²) in [5.74, 6) is -0.227. The number of alkyl halides is 7. The fraction of sp³-hybridized carbons (Fsp3) is 0.571. The van der Waals surface area contributed by atoms with E-state index >= 15 is 0 Å². The molecule has 0 fully saturated rings. The van der Waals surface area contributed by atoms with E-state index in [9.17, 15) is 26.3 Å². The zero-order valence-corrected chi connectivity index (χ0v) is 8.53. The minimum atomic E-state index is -5.62. The Bertz CT molecular complexity index is 359. The quantitative estimate of drug-likeness (QED) is 0.631. The average molecular weight is 284 g/mol. The Morgan fingerprint density at radius 2 is 1.76 bits per heavy atom. The summed E-state index contributed by atoms with van der Waals surface area (Å²) in [5.41, 5.74) is -0.0373. The Labute approximate surface area is 95.3 Å². The molecule has 0 saturated carbocycles. The first-order valence-corrected chi connectivity index (χ1v) is 4.48. The van der Waals surface area contributed by atoms with Crippen LogP contribution in [0.4, 0.5) is 26.3 Å². The van der Waals surface area contributed by atoms with Crippen LogP contribution < -0.4 is 4.74 Å². The number of aromatic nitrogens is 1. The van der Waals surface area contributed by atoms with Gasteiger partial charge in [0.05, 0.1) is 11.6 Å². The van der Waals surface area contributed by atoms with E-state index in [1.165, 1.54) is 0 Å². The topological polar surface area (TPSA) is 35.3 Å². The van der Waals surface area contributed by atoms with Crippen LogP contribution in [0.5, 0.6) is 6.08 Å². The molecule has 0 unspecified atom stereocenters. The summed E-state index contributed by atoms with van der Waals surface area (Å²) in [5, 5.41) is 0. The zero-order chi connectivity index (χ0) is 13.3. The Hall–Kier alpha value is -1.12. The molecule has 10 heteroatoms. The van der Waals surface area contributed by atoms with Gasteiger partial charge in [0.2, 0.25) is 0 Å². The molecule has 0 N–H and O–H groups in total. The van der Waals surface area contributed by atoms with Gasteiger partial charge in [0, 0.05) is 0 Å². The summed E-state index contributed by atoms with van der Waals surface area (Å²) in [6.45, 7) is 0. The van der Waals surface area contributed by atoms with Gasteiger partial charge in [-0.2, -0.15) is 31.3 Å². The summed E-state index contributed by atoms with van der Waals surface area (Å²) < 4.78 is 80.2. The summed E-state index contributed by atoms with van der Waals surface area (Å²) >= 11 is 5.23. The van der Waals surface area contributed by atoms with Crippen LogP contribution >= 0.6 is 11.6 Å². The highest BCUT2D eigenvalue weighted by Gasteiger charge is 2.59. The van der Waals surface area contributed by atoms with E-state index in [2.05, 4.69) is 14.1 Å². The number of oxazole rings is 1. The highest BCUT2D eigenvalue weighted by atomic mass is 35.5. The van der Waals surface area contributed by atoms with Crippen molar-refractivity contribution < 1.29 is 35.5 Å². The SMILES string of the molecule is FC(F)(F)C(Oc1nc(CCl)co1)C(F)(F)F. The Balaban J connectivity index is 2.87. The predicted molar refractivity (Wildman–Crippen MR) is 42.6 cm³/mol. The molecule has 1 rings (SSSR count). The first-order chi connectivity index (χ1) is 7.64. The summed E-state index contributed by atoms with van der Waals surface area (Å²) in [6, 6.07) is 0. The molecule has 1 aromatic rings. The summed E-state index contributed by atoms with van der Waals surface area (Å²) in [6.07, 6.45) is -15.6. The van der Waals surface area contributed by atoms with Crippen molar-refractivity contribution >= 4 is 11.6 Å². The van der Waals surface area contributed by atoms with Crippen molar-refractivity contribution in [3.63, 3.8) is 0 Å². The number of hydrogen-bond acceptors (Lipinski definition) is 3. The van der Waals surface area contributed by atoms with Crippen LogP contribution in [0.1, 0.15) is 5.69 Å². The van der Waals surface area contributed by atoms with Gasteiger partial charge < -0.3 is 9.15 Å². The van der Waals surface area contributed by atoms with Crippen LogP contribution in [0.15, 0.2) is 10.7 Å². The second-order valence-corrected chi connectivity index (χ2v) is 3.09. The molecule has 0 amide bonds. The highest BCUT2D eigenvalue weighted by Crippen LogP contribution is 2.36. The molecule has 17 heavy (non-hydrogen) atoms.